The van der Waals surface area contributed by atoms with Crippen molar-refractivity contribution in [2.45, 2.75) is 13.8 Å². The van der Waals surface area contributed by atoms with E-state index in [0.29, 0.717) is 5.75 Å². The second-order valence-corrected chi connectivity index (χ2v) is 4.34. The first-order chi connectivity index (χ1) is 9.13. The molecule has 0 aliphatic heterocycles. The zero-order valence-corrected chi connectivity index (χ0v) is 11.0. The van der Waals surface area contributed by atoms with Crippen molar-refractivity contribution in [3.05, 3.63) is 53.9 Å². The van der Waals surface area contributed by atoms with Gasteiger partial charge >= 0.3 is 0 Å². The van der Waals surface area contributed by atoms with Crippen LogP contribution in [0.5, 0.6) is 5.75 Å². The van der Waals surface area contributed by atoms with Crippen molar-refractivity contribution in [2.24, 2.45) is 0 Å². The van der Waals surface area contributed by atoms with Crippen molar-refractivity contribution in [1.29, 1.82) is 0 Å². The van der Waals surface area contributed by atoms with Gasteiger partial charge in [0.1, 0.15) is 5.75 Å². The van der Waals surface area contributed by atoms with Crippen LogP contribution < -0.4 is 10.1 Å². The molecule has 1 N–H and O–H groups in total. The van der Waals surface area contributed by atoms with Gasteiger partial charge in [0, 0.05) is 11.4 Å². The molecule has 0 atom stereocenters. The average Bonchev–Trinajstić information content (AvgIpc) is 2.41. The molecule has 0 radical (unpaired) electrons. The predicted octanol–water partition coefficient (Wildman–Crippen LogP) is 2.72. The number of nitrogens with one attached hydrogen (secondary N) is 1. The second kappa shape index (κ2) is 6.00. The molecule has 2 aromatic rings. The Bertz CT molecular complexity index is 547. The number of ether oxygens (including phenoxy) is 1. The quantitative estimate of drug-likeness (QED) is 0.915. The molecular formula is C15H16N2O2. The predicted molar refractivity (Wildman–Crippen MR) is 74.3 cm³/mol. The van der Waals surface area contributed by atoms with E-state index in [1.165, 1.54) is 0 Å². The lowest BCUT2D eigenvalue weighted by molar-refractivity contribution is -0.118. The number of hydrogen-bond donors (Lipinski definition) is 1. The first-order valence-corrected chi connectivity index (χ1v) is 6.05. The maximum Gasteiger partial charge on any atom is 0.262 e. The number of anilines is 1. The monoisotopic (exact) mass is 256 g/mol. The highest BCUT2D eigenvalue weighted by Gasteiger charge is 2.03. The molecule has 0 spiro atoms. The van der Waals surface area contributed by atoms with Gasteiger partial charge in [-0.05, 0) is 38.1 Å². The van der Waals surface area contributed by atoms with Crippen LogP contribution in [0.25, 0.3) is 0 Å². The van der Waals surface area contributed by atoms with Crippen molar-refractivity contribution < 1.29 is 9.53 Å². The van der Waals surface area contributed by atoms with Crippen molar-refractivity contribution in [3.63, 3.8) is 0 Å². The van der Waals surface area contributed by atoms with Crippen LogP contribution in [0.3, 0.4) is 0 Å². The SMILES string of the molecule is Cc1ccc(NC(=O)COc2ccc(C)nc2)cc1. The third-order valence-corrected chi connectivity index (χ3v) is 2.59. The van der Waals surface area contributed by atoms with Crippen LogP contribution in [-0.4, -0.2) is 17.5 Å². The number of pyridine rings is 1. The lowest BCUT2D eigenvalue weighted by atomic mass is 10.2. The Hall–Kier alpha value is -2.36. The molecule has 19 heavy (non-hydrogen) atoms. The van der Waals surface area contributed by atoms with Crippen molar-refractivity contribution >= 4 is 11.6 Å². The number of hydrogen-bond acceptors (Lipinski definition) is 3. The first-order valence-electron chi connectivity index (χ1n) is 6.05. The number of amides is 1. The molecule has 1 amide bonds. The highest BCUT2D eigenvalue weighted by Crippen LogP contribution is 2.10. The number of benzene rings is 1. The molecule has 1 aromatic carbocycles. The topological polar surface area (TPSA) is 51.2 Å². The summed E-state index contributed by atoms with van der Waals surface area (Å²) in [6.45, 7) is 3.87. The van der Waals surface area contributed by atoms with E-state index in [2.05, 4.69) is 10.3 Å². The van der Waals surface area contributed by atoms with Crippen LogP contribution in [0.2, 0.25) is 0 Å². The summed E-state index contributed by atoms with van der Waals surface area (Å²) in [7, 11) is 0. The number of carbonyl (C=O) groups is 1. The molecule has 0 bridgehead atoms. The maximum absolute atomic E-state index is 11.7. The molecule has 98 valence electrons. The zero-order chi connectivity index (χ0) is 13.7. The van der Waals surface area contributed by atoms with Gasteiger partial charge in [-0.2, -0.15) is 0 Å². The molecule has 2 rings (SSSR count). The van der Waals surface area contributed by atoms with Gasteiger partial charge in [-0.15, -0.1) is 0 Å². The molecule has 1 heterocycles. The van der Waals surface area contributed by atoms with Gasteiger partial charge in [-0.3, -0.25) is 9.78 Å². The molecular weight excluding hydrogens is 240 g/mol. The van der Waals surface area contributed by atoms with Crippen LogP contribution >= 0.6 is 0 Å². The van der Waals surface area contributed by atoms with E-state index >= 15 is 0 Å². The number of aromatic nitrogens is 1. The lowest BCUT2D eigenvalue weighted by Crippen LogP contribution is -2.20. The van der Waals surface area contributed by atoms with Gasteiger partial charge in [0.2, 0.25) is 0 Å². The minimum atomic E-state index is -0.190. The Kier molecular flexibility index (Phi) is 4.13. The molecule has 0 saturated heterocycles. The first kappa shape index (κ1) is 13.1. The summed E-state index contributed by atoms with van der Waals surface area (Å²) in [5, 5.41) is 2.77. The van der Waals surface area contributed by atoms with E-state index < -0.39 is 0 Å². The normalized spacial score (nSPS) is 10.0. The summed E-state index contributed by atoms with van der Waals surface area (Å²) in [4.78, 5) is 15.8. The Balaban J connectivity index is 1.84. The van der Waals surface area contributed by atoms with Crippen molar-refractivity contribution in [1.82, 2.24) is 4.98 Å². The second-order valence-electron chi connectivity index (χ2n) is 4.34. The zero-order valence-electron chi connectivity index (χ0n) is 11.0. The standard InChI is InChI=1S/C15H16N2O2/c1-11-3-6-13(7-4-11)17-15(18)10-19-14-8-5-12(2)16-9-14/h3-9H,10H2,1-2H3,(H,17,18). The molecule has 1 aromatic heterocycles. The van der Waals surface area contributed by atoms with Gasteiger partial charge in [0.15, 0.2) is 6.61 Å². The minimum Gasteiger partial charge on any atom is -0.482 e. The number of aryl methyl sites for hydroxylation is 2. The third kappa shape index (κ3) is 4.10. The van der Waals surface area contributed by atoms with Crippen molar-refractivity contribution in [2.75, 3.05) is 11.9 Å². The largest absolute Gasteiger partial charge is 0.482 e. The fourth-order valence-electron chi connectivity index (χ4n) is 1.52. The smallest absolute Gasteiger partial charge is 0.262 e. The molecule has 0 aliphatic carbocycles. The number of nitrogens with zero attached hydrogens (tertiary/aromatic N) is 1. The number of rotatable bonds is 4. The number of carbonyl (C=O) groups excluding carboxylic acids is 1. The Morgan fingerprint density at radius 3 is 2.53 bits per heavy atom. The Labute approximate surface area is 112 Å². The van der Waals surface area contributed by atoms with Crippen LogP contribution in [0.4, 0.5) is 5.69 Å². The Morgan fingerprint density at radius 1 is 1.16 bits per heavy atom. The fourth-order valence-corrected chi connectivity index (χ4v) is 1.52. The summed E-state index contributed by atoms with van der Waals surface area (Å²) in [6.07, 6.45) is 1.61. The third-order valence-electron chi connectivity index (χ3n) is 2.59. The summed E-state index contributed by atoms with van der Waals surface area (Å²) < 4.78 is 5.34. The summed E-state index contributed by atoms with van der Waals surface area (Å²) in [6, 6.07) is 11.2. The van der Waals surface area contributed by atoms with Gasteiger partial charge in [-0.25, -0.2) is 0 Å². The highest BCUT2D eigenvalue weighted by atomic mass is 16.5. The van der Waals surface area contributed by atoms with E-state index in [0.717, 1.165) is 16.9 Å². The molecule has 0 saturated carbocycles. The van der Waals surface area contributed by atoms with E-state index in [-0.39, 0.29) is 12.5 Å². The van der Waals surface area contributed by atoms with E-state index in [1.54, 1.807) is 12.3 Å². The van der Waals surface area contributed by atoms with Crippen LogP contribution in [0.1, 0.15) is 11.3 Å². The van der Waals surface area contributed by atoms with Crippen LogP contribution in [-0.2, 0) is 4.79 Å². The van der Waals surface area contributed by atoms with E-state index in [4.69, 9.17) is 4.74 Å². The van der Waals surface area contributed by atoms with Crippen LogP contribution in [0, 0.1) is 13.8 Å². The minimum absolute atomic E-state index is 0.0291. The molecule has 4 heteroatoms. The highest BCUT2D eigenvalue weighted by molar-refractivity contribution is 5.91. The average molecular weight is 256 g/mol. The molecule has 4 nitrogen and oxygen atoms in total. The molecule has 0 fully saturated rings. The fraction of sp³-hybridized carbons (Fsp3) is 0.200. The van der Waals surface area contributed by atoms with Gasteiger partial charge in [0.05, 0.1) is 6.20 Å². The molecule has 0 unspecified atom stereocenters. The summed E-state index contributed by atoms with van der Waals surface area (Å²) in [5.74, 6) is 0.397. The summed E-state index contributed by atoms with van der Waals surface area (Å²) in [5.41, 5.74) is 2.83. The molecule has 0 aliphatic rings. The van der Waals surface area contributed by atoms with E-state index in [9.17, 15) is 4.79 Å². The van der Waals surface area contributed by atoms with Gasteiger partial charge in [0.25, 0.3) is 5.91 Å². The lowest BCUT2D eigenvalue weighted by Gasteiger charge is -2.07. The van der Waals surface area contributed by atoms with Gasteiger partial charge < -0.3 is 10.1 Å². The summed E-state index contributed by atoms with van der Waals surface area (Å²) >= 11 is 0. The van der Waals surface area contributed by atoms with Crippen LogP contribution in [0.15, 0.2) is 42.6 Å². The Morgan fingerprint density at radius 2 is 1.89 bits per heavy atom. The maximum atomic E-state index is 11.7. The van der Waals surface area contributed by atoms with Gasteiger partial charge in [-0.1, -0.05) is 17.7 Å². The van der Waals surface area contributed by atoms with E-state index in [1.807, 2.05) is 44.2 Å². The van der Waals surface area contributed by atoms with Crippen molar-refractivity contribution in [3.8, 4) is 5.75 Å².